The van der Waals surface area contributed by atoms with Crippen LogP contribution < -0.4 is 15.1 Å². The molecule has 174 valence electrons. The molecule has 7 nitrogen and oxygen atoms in total. The number of para-hydroxylation sites is 1. The smallest absolute Gasteiger partial charge is 0.128 e. The third-order valence-corrected chi connectivity index (χ3v) is 7.21. The van der Waals surface area contributed by atoms with Crippen molar-refractivity contribution in [3.63, 3.8) is 0 Å². The number of hydrogen-bond donors (Lipinski definition) is 2. The van der Waals surface area contributed by atoms with Crippen molar-refractivity contribution < 1.29 is 0 Å². The van der Waals surface area contributed by atoms with Crippen LogP contribution in [0, 0.1) is 6.92 Å². The SMILES string of the molecule is Cc1cccnc1[C@@H]1CCC[C@H](c2nc3cccc(N4CCN(c5ccccn5)CC4)c3[nH]2)N1. The lowest BCUT2D eigenvalue weighted by molar-refractivity contribution is 0.317. The predicted octanol–water partition coefficient (Wildman–Crippen LogP) is 4.54. The standard InChI is InChI=1S/C27H31N7/c1-19-7-6-14-29-25(19)20-8-4-10-22(30-20)27-31-21-9-5-11-23(26(21)32-27)33-15-17-34(18-16-33)24-12-2-3-13-28-24/h2-3,5-7,9,11-14,20,22,30H,4,8,10,15-18H2,1H3,(H,31,32)/t20-,22+/m0/s1. The Kier molecular flexibility index (Phi) is 5.63. The molecule has 0 unspecified atom stereocenters. The van der Waals surface area contributed by atoms with Crippen LogP contribution >= 0.6 is 0 Å². The van der Waals surface area contributed by atoms with Crippen molar-refractivity contribution in [2.45, 2.75) is 38.3 Å². The van der Waals surface area contributed by atoms with Crippen LogP contribution in [0.5, 0.6) is 0 Å². The minimum atomic E-state index is 0.210. The van der Waals surface area contributed by atoms with Gasteiger partial charge >= 0.3 is 0 Å². The number of piperidine rings is 1. The molecule has 0 aliphatic carbocycles. The molecule has 2 N–H and O–H groups in total. The third-order valence-electron chi connectivity index (χ3n) is 7.21. The van der Waals surface area contributed by atoms with E-state index in [1.54, 1.807) is 0 Å². The number of fused-ring (bicyclic) bond motifs is 1. The first-order chi connectivity index (χ1) is 16.8. The number of pyridine rings is 2. The predicted molar refractivity (Wildman–Crippen MR) is 136 cm³/mol. The summed E-state index contributed by atoms with van der Waals surface area (Å²) in [5, 5.41) is 3.83. The van der Waals surface area contributed by atoms with E-state index in [4.69, 9.17) is 4.98 Å². The molecule has 0 bridgehead atoms. The zero-order chi connectivity index (χ0) is 22.9. The molecule has 4 aromatic rings. The molecule has 0 amide bonds. The van der Waals surface area contributed by atoms with Crippen LogP contribution in [0.15, 0.2) is 60.9 Å². The Bertz CT molecular complexity index is 1260. The van der Waals surface area contributed by atoms with Crippen LogP contribution in [0.4, 0.5) is 11.5 Å². The monoisotopic (exact) mass is 453 g/mol. The molecule has 2 atom stereocenters. The Hall–Kier alpha value is -3.45. The molecular formula is C27H31N7. The van der Waals surface area contributed by atoms with Gasteiger partial charge in [-0.25, -0.2) is 9.97 Å². The number of anilines is 2. The van der Waals surface area contributed by atoms with Crippen LogP contribution in [0.25, 0.3) is 11.0 Å². The maximum absolute atomic E-state index is 5.02. The summed E-state index contributed by atoms with van der Waals surface area (Å²) in [5.74, 6) is 2.10. The summed E-state index contributed by atoms with van der Waals surface area (Å²) in [6.07, 6.45) is 7.13. The number of piperazine rings is 1. The van der Waals surface area contributed by atoms with E-state index < -0.39 is 0 Å². The number of benzene rings is 1. The highest BCUT2D eigenvalue weighted by atomic mass is 15.3. The molecule has 2 fully saturated rings. The number of H-pyrrole nitrogens is 1. The average Bonchev–Trinajstić information content (AvgIpc) is 3.34. The summed E-state index contributed by atoms with van der Waals surface area (Å²) in [7, 11) is 0. The van der Waals surface area contributed by atoms with E-state index in [0.29, 0.717) is 0 Å². The summed E-state index contributed by atoms with van der Waals surface area (Å²) in [6, 6.07) is 17.2. The van der Waals surface area contributed by atoms with Crippen LogP contribution in [-0.4, -0.2) is 46.1 Å². The number of aromatic amines is 1. The maximum Gasteiger partial charge on any atom is 0.128 e. The van der Waals surface area contributed by atoms with Gasteiger partial charge in [-0.15, -0.1) is 0 Å². The Morgan fingerprint density at radius 1 is 0.824 bits per heavy atom. The minimum absolute atomic E-state index is 0.210. The second-order valence-corrected chi connectivity index (χ2v) is 9.36. The number of hydrogen-bond acceptors (Lipinski definition) is 6. The fourth-order valence-corrected chi connectivity index (χ4v) is 5.41. The Morgan fingerprint density at radius 2 is 1.65 bits per heavy atom. The molecule has 5 heterocycles. The molecule has 2 aliphatic rings. The van der Waals surface area contributed by atoms with Gasteiger partial charge in [-0.3, -0.25) is 10.3 Å². The second-order valence-electron chi connectivity index (χ2n) is 9.36. The van der Waals surface area contributed by atoms with E-state index in [1.165, 1.54) is 11.3 Å². The van der Waals surface area contributed by atoms with Gasteiger partial charge < -0.3 is 14.8 Å². The van der Waals surface area contributed by atoms with Crippen molar-refractivity contribution in [3.05, 3.63) is 78.0 Å². The lowest BCUT2D eigenvalue weighted by Crippen LogP contribution is -2.46. The quantitative estimate of drug-likeness (QED) is 0.473. The Morgan fingerprint density at radius 3 is 2.47 bits per heavy atom. The number of imidazole rings is 1. The molecule has 3 aromatic heterocycles. The molecule has 34 heavy (non-hydrogen) atoms. The lowest BCUT2D eigenvalue weighted by Gasteiger charge is -2.36. The minimum Gasteiger partial charge on any atom is -0.366 e. The Balaban J connectivity index is 1.21. The fourth-order valence-electron chi connectivity index (χ4n) is 5.41. The van der Waals surface area contributed by atoms with E-state index >= 15 is 0 Å². The summed E-state index contributed by atoms with van der Waals surface area (Å²) in [6.45, 7) is 6.00. The number of nitrogens with one attached hydrogen (secondary N) is 2. The van der Waals surface area contributed by atoms with E-state index in [0.717, 1.165) is 73.8 Å². The first kappa shape index (κ1) is 21.1. The van der Waals surface area contributed by atoms with Gasteiger partial charge in [-0.1, -0.05) is 18.2 Å². The molecule has 6 rings (SSSR count). The van der Waals surface area contributed by atoms with Gasteiger partial charge in [0.15, 0.2) is 0 Å². The molecule has 2 aliphatic heterocycles. The highest BCUT2D eigenvalue weighted by Crippen LogP contribution is 2.34. The number of aromatic nitrogens is 4. The van der Waals surface area contributed by atoms with Crippen LogP contribution in [-0.2, 0) is 0 Å². The van der Waals surface area contributed by atoms with Crippen molar-refractivity contribution in [3.8, 4) is 0 Å². The first-order valence-corrected chi connectivity index (χ1v) is 12.3. The zero-order valence-corrected chi connectivity index (χ0v) is 19.6. The fraction of sp³-hybridized carbons (Fsp3) is 0.370. The summed E-state index contributed by atoms with van der Waals surface area (Å²) < 4.78 is 0. The van der Waals surface area contributed by atoms with E-state index in [-0.39, 0.29) is 12.1 Å². The van der Waals surface area contributed by atoms with Gasteiger partial charge in [0.25, 0.3) is 0 Å². The molecular weight excluding hydrogens is 422 g/mol. The van der Waals surface area contributed by atoms with Gasteiger partial charge in [0.2, 0.25) is 0 Å². The molecule has 0 saturated carbocycles. The van der Waals surface area contributed by atoms with E-state index in [9.17, 15) is 0 Å². The van der Waals surface area contributed by atoms with Crippen molar-refractivity contribution >= 4 is 22.5 Å². The van der Waals surface area contributed by atoms with Crippen LogP contribution in [0.2, 0.25) is 0 Å². The van der Waals surface area contributed by atoms with Gasteiger partial charge in [-0.05, 0) is 62.1 Å². The number of aryl methyl sites for hydroxylation is 1. The van der Waals surface area contributed by atoms with Crippen molar-refractivity contribution in [2.24, 2.45) is 0 Å². The lowest BCUT2D eigenvalue weighted by atomic mass is 9.94. The highest BCUT2D eigenvalue weighted by Gasteiger charge is 2.28. The van der Waals surface area contributed by atoms with Crippen LogP contribution in [0.1, 0.15) is 48.4 Å². The van der Waals surface area contributed by atoms with Crippen molar-refractivity contribution in [1.29, 1.82) is 0 Å². The molecule has 1 aromatic carbocycles. The molecule has 0 radical (unpaired) electrons. The van der Waals surface area contributed by atoms with Gasteiger partial charge in [0.1, 0.15) is 11.6 Å². The second kappa shape index (κ2) is 9.06. The maximum atomic E-state index is 5.02. The molecule has 7 heteroatoms. The largest absolute Gasteiger partial charge is 0.366 e. The summed E-state index contributed by atoms with van der Waals surface area (Å²) in [5.41, 5.74) is 5.83. The van der Waals surface area contributed by atoms with Crippen molar-refractivity contribution in [1.82, 2.24) is 25.3 Å². The van der Waals surface area contributed by atoms with E-state index in [1.807, 2.05) is 24.5 Å². The first-order valence-electron chi connectivity index (χ1n) is 12.3. The highest BCUT2D eigenvalue weighted by molar-refractivity contribution is 5.89. The number of nitrogens with zero attached hydrogens (tertiary/aromatic N) is 5. The normalized spacial score (nSPS) is 21.2. The summed E-state index contributed by atoms with van der Waals surface area (Å²) in [4.78, 5) is 22.7. The molecule has 2 saturated heterocycles. The van der Waals surface area contributed by atoms with Gasteiger partial charge in [0, 0.05) is 38.6 Å². The van der Waals surface area contributed by atoms with Gasteiger partial charge in [0.05, 0.1) is 34.5 Å². The van der Waals surface area contributed by atoms with Crippen LogP contribution in [0.3, 0.4) is 0 Å². The topological polar surface area (TPSA) is 73.0 Å². The van der Waals surface area contributed by atoms with Gasteiger partial charge in [-0.2, -0.15) is 0 Å². The molecule has 0 spiro atoms. The van der Waals surface area contributed by atoms with E-state index in [2.05, 4.69) is 73.4 Å². The van der Waals surface area contributed by atoms with Crippen molar-refractivity contribution in [2.75, 3.05) is 36.0 Å². The number of rotatable bonds is 4. The Labute approximate surface area is 200 Å². The summed E-state index contributed by atoms with van der Waals surface area (Å²) >= 11 is 0. The third kappa shape index (κ3) is 4.01. The average molecular weight is 454 g/mol. The zero-order valence-electron chi connectivity index (χ0n) is 19.6.